The number of hydrogen-bond acceptors (Lipinski definition) is 4. The van der Waals surface area contributed by atoms with Crippen molar-refractivity contribution in [3.63, 3.8) is 0 Å². The fraction of sp³-hybridized carbons (Fsp3) is 0.462. The van der Waals surface area contributed by atoms with Gasteiger partial charge in [-0.15, -0.1) is 0 Å². The van der Waals surface area contributed by atoms with Crippen LogP contribution in [0.3, 0.4) is 0 Å². The Balaban J connectivity index is 2.25. The van der Waals surface area contributed by atoms with Crippen LogP contribution < -0.4 is 11.5 Å². The van der Waals surface area contributed by atoms with E-state index in [1.165, 1.54) is 0 Å². The Labute approximate surface area is 109 Å². The summed E-state index contributed by atoms with van der Waals surface area (Å²) < 4.78 is 33.5. The van der Waals surface area contributed by atoms with Gasteiger partial charge in [0.2, 0.25) is 0 Å². The lowest BCUT2D eigenvalue weighted by atomic mass is 9.72. The van der Waals surface area contributed by atoms with Crippen molar-refractivity contribution < 1.29 is 13.5 Å². The quantitative estimate of drug-likeness (QED) is 0.704. The third-order valence-electron chi connectivity index (χ3n) is 3.87. The Morgan fingerprint density at radius 3 is 2.84 bits per heavy atom. The van der Waals surface area contributed by atoms with Crippen molar-refractivity contribution in [3.05, 3.63) is 29.3 Å². The van der Waals surface area contributed by atoms with Crippen LogP contribution in [0.4, 0.5) is 14.5 Å². The number of rotatable bonds is 0. The molecule has 1 aliphatic heterocycles. The van der Waals surface area contributed by atoms with Crippen molar-refractivity contribution in [2.24, 2.45) is 10.7 Å². The molecule has 1 heterocycles. The normalized spacial score (nSPS) is 28.4. The molecule has 6 heteroatoms. The molecule has 3 rings (SSSR count). The molecule has 0 radical (unpaired) electrons. The fourth-order valence-electron chi connectivity index (χ4n) is 2.95. The molecule has 102 valence electrons. The van der Waals surface area contributed by atoms with Crippen LogP contribution in [-0.4, -0.2) is 18.6 Å². The zero-order valence-electron chi connectivity index (χ0n) is 10.3. The summed E-state index contributed by atoms with van der Waals surface area (Å²) >= 11 is 0. The predicted octanol–water partition coefficient (Wildman–Crippen LogP) is 1.78. The molecule has 0 saturated carbocycles. The van der Waals surface area contributed by atoms with Gasteiger partial charge in [-0.2, -0.15) is 8.78 Å². The Hall–Kier alpha value is -1.85. The maximum atomic E-state index is 14.4. The lowest BCUT2D eigenvalue weighted by molar-refractivity contribution is -0.127. The van der Waals surface area contributed by atoms with E-state index in [1.807, 2.05) is 0 Å². The monoisotopic (exact) mass is 267 g/mol. The molecule has 1 aliphatic carbocycles. The SMILES string of the molecule is NC1=N[C@@]2(CCCc3ccc(N)cc32)C(F)(F)CO1. The zero-order chi connectivity index (χ0) is 13.7. The molecular formula is C13H15F2N3O. The summed E-state index contributed by atoms with van der Waals surface area (Å²) in [5.41, 5.74) is 11.4. The maximum Gasteiger partial charge on any atom is 0.310 e. The Morgan fingerprint density at radius 2 is 2.05 bits per heavy atom. The number of nitrogen functional groups attached to an aromatic ring is 1. The zero-order valence-corrected chi connectivity index (χ0v) is 10.3. The standard InChI is InChI=1S/C13H15F2N3O/c14-13(15)7-19-11(17)18-12(13)5-1-2-8-3-4-9(16)6-10(8)12/h3-4,6H,1-2,5,7,16H2,(H2,17,18)/t12-/m1/s1. The number of nitrogens with zero attached hydrogens (tertiary/aromatic N) is 1. The average molecular weight is 267 g/mol. The first kappa shape index (κ1) is 12.2. The van der Waals surface area contributed by atoms with Crippen LogP contribution >= 0.6 is 0 Å². The first-order chi connectivity index (χ1) is 8.95. The second kappa shape index (κ2) is 3.82. The molecule has 1 aromatic rings. The summed E-state index contributed by atoms with van der Waals surface area (Å²) in [7, 11) is 0. The number of aliphatic imine (C=N–C) groups is 1. The second-order valence-corrected chi connectivity index (χ2v) is 5.07. The number of fused-ring (bicyclic) bond motifs is 2. The van der Waals surface area contributed by atoms with E-state index in [0.29, 0.717) is 17.7 Å². The van der Waals surface area contributed by atoms with Gasteiger partial charge >= 0.3 is 5.92 Å². The summed E-state index contributed by atoms with van der Waals surface area (Å²) in [5, 5.41) is 0. The van der Waals surface area contributed by atoms with E-state index in [1.54, 1.807) is 18.2 Å². The molecular weight excluding hydrogens is 252 g/mol. The van der Waals surface area contributed by atoms with Crippen LogP contribution in [0.25, 0.3) is 0 Å². The van der Waals surface area contributed by atoms with Gasteiger partial charge in [-0.3, -0.25) is 0 Å². The summed E-state index contributed by atoms with van der Waals surface area (Å²) in [6, 6.07) is 4.93. The van der Waals surface area contributed by atoms with E-state index in [9.17, 15) is 8.78 Å². The average Bonchev–Trinajstić information content (AvgIpc) is 2.36. The van der Waals surface area contributed by atoms with E-state index in [0.717, 1.165) is 12.0 Å². The summed E-state index contributed by atoms with van der Waals surface area (Å²) in [6.07, 6.45) is 1.65. The topological polar surface area (TPSA) is 73.6 Å². The van der Waals surface area contributed by atoms with Crippen LogP contribution in [0, 0.1) is 0 Å². The predicted molar refractivity (Wildman–Crippen MR) is 68.0 cm³/mol. The van der Waals surface area contributed by atoms with E-state index >= 15 is 0 Å². The smallest absolute Gasteiger partial charge is 0.310 e. The number of amidine groups is 1. The highest BCUT2D eigenvalue weighted by Crippen LogP contribution is 2.50. The number of halogens is 2. The molecule has 0 fully saturated rings. The lowest BCUT2D eigenvalue weighted by Crippen LogP contribution is -2.54. The van der Waals surface area contributed by atoms with Crippen molar-refractivity contribution in [2.75, 3.05) is 12.3 Å². The van der Waals surface area contributed by atoms with E-state index < -0.39 is 18.1 Å². The van der Waals surface area contributed by atoms with Crippen LogP contribution in [-0.2, 0) is 16.7 Å². The van der Waals surface area contributed by atoms with E-state index in [-0.39, 0.29) is 12.4 Å². The Morgan fingerprint density at radius 1 is 1.26 bits per heavy atom. The highest BCUT2D eigenvalue weighted by molar-refractivity contribution is 5.73. The molecule has 2 aliphatic rings. The molecule has 0 amide bonds. The second-order valence-electron chi connectivity index (χ2n) is 5.07. The molecule has 0 aromatic heterocycles. The summed E-state index contributed by atoms with van der Waals surface area (Å²) in [6.45, 7) is -0.740. The number of aryl methyl sites for hydroxylation is 1. The Kier molecular flexibility index (Phi) is 2.45. The number of nitrogens with two attached hydrogens (primary N) is 2. The molecule has 0 bridgehead atoms. The first-order valence-corrected chi connectivity index (χ1v) is 6.19. The fourth-order valence-corrected chi connectivity index (χ4v) is 2.95. The van der Waals surface area contributed by atoms with Gasteiger partial charge in [-0.25, -0.2) is 4.99 Å². The lowest BCUT2D eigenvalue weighted by Gasteiger charge is -2.43. The highest BCUT2D eigenvalue weighted by atomic mass is 19.3. The third-order valence-corrected chi connectivity index (χ3v) is 3.87. The van der Waals surface area contributed by atoms with Crippen molar-refractivity contribution in [2.45, 2.75) is 30.7 Å². The van der Waals surface area contributed by atoms with Crippen LogP contribution in [0.1, 0.15) is 24.0 Å². The van der Waals surface area contributed by atoms with Gasteiger partial charge < -0.3 is 16.2 Å². The van der Waals surface area contributed by atoms with E-state index in [4.69, 9.17) is 16.2 Å². The number of ether oxygens (including phenoxy) is 1. The van der Waals surface area contributed by atoms with Crippen LogP contribution in [0.5, 0.6) is 0 Å². The van der Waals surface area contributed by atoms with Gasteiger partial charge in [0.15, 0.2) is 12.1 Å². The third kappa shape index (κ3) is 1.66. The summed E-state index contributed by atoms with van der Waals surface area (Å²) in [4.78, 5) is 3.98. The molecule has 0 saturated heterocycles. The number of alkyl halides is 2. The van der Waals surface area contributed by atoms with Gasteiger partial charge in [-0.05, 0) is 42.5 Å². The van der Waals surface area contributed by atoms with Crippen LogP contribution in [0.15, 0.2) is 23.2 Å². The van der Waals surface area contributed by atoms with E-state index in [2.05, 4.69) is 4.99 Å². The summed E-state index contributed by atoms with van der Waals surface area (Å²) in [5.74, 6) is -3.08. The minimum Gasteiger partial charge on any atom is -0.459 e. The molecule has 0 unspecified atom stereocenters. The van der Waals surface area contributed by atoms with Gasteiger partial charge in [0.05, 0.1) is 0 Å². The molecule has 19 heavy (non-hydrogen) atoms. The molecule has 1 atom stereocenters. The Bertz CT molecular complexity index is 559. The molecule has 1 spiro atoms. The number of benzene rings is 1. The van der Waals surface area contributed by atoms with Crippen LogP contribution in [0.2, 0.25) is 0 Å². The number of anilines is 1. The van der Waals surface area contributed by atoms with Gasteiger partial charge in [0, 0.05) is 5.69 Å². The minimum absolute atomic E-state index is 0.179. The van der Waals surface area contributed by atoms with Crippen molar-refractivity contribution in [3.8, 4) is 0 Å². The maximum absolute atomic E-state index is 14.4. The van der Waals surface area contributed by atoms with Gasteiger partial charge in [0.1, 0.15) is 0 Å². The minimum atomic E-state index is -3.08. The van der Waals surface area contributed by atoms with Gasteiger partial charge in [-0.1, -0.05) is 6.07 Å². The molecule has 4 nitrogen and oxygen atoms in total. The van der Waals surface area contributed by atoms with Crippen molar-refractivity contribution in [1.82, 2.24) is 0 Å². The van der Waals surface area contributed by atoms with Gasteiger partial charge in [0.25, 0.3) is 6.02 Å². The van der Waals surface area contributed by atoms with Crippen molar-refractivity contribution >= 4 is 11.7 Å². The largest absolute Gasteiger partial charge is 0.459 e. The molecule has 4 N–H and O–H groups in total. The highest BCUT2D eigenvalue weighted by Gasteiger charge is 2.59. The first-order valence-electron chi connectivity index (χ1n) is 6.19. The number of hydrogen-bond donors (Lipinski definition) is 2. The molecule has 1 aromatic carbocycles. The van der Waals surface area contributed by atoms with Crippen molar-refractivity contribution in [1.29, 1.82) is 0 Å².